The fourth-order valence-corrected chi connectivity index (χ4v) is 3.38. The van der Waals surface area contributed by atoms with E-state index in [-0.39, 0.29) is 0 Å². The molecule has 0 unspecified atom stereocenters. The maximum Gasteiger partial charge on any atom is 0.0861 e. The number of nitrogens with zero attached hydrogens (tertiary/aromatic N) is 1. The maximum atomic E-state index is 6.23. The van der Waals surface area contributed by atoms with E-state index in [4.69, 9.17) is 28.9 Å². The van der Waals surface area contributed by atoms with Crippen molar-refractivity contribution in [3.8, 4) is 0 Å². The Balaban J connectivity index is 2.12. The molecule has 20 heavy (non-hydrogen) atoms. The molecular weight excluding hydrogens is 311 g/mol. The average Bonchev–Trinajstić information content (AvgIpc) is 2.47. The molecule has 2 aromatic carbocycles. The van der Waals surface area contributed by atoms with Gasteiger partial charge in [-0.15, -0.1) is 0 Å². The van der Waals surface area contributed by atoms with Crippen molar-refractivity contribution in [1.29, 1.82) is 0 Å². The second-order valence-electron chi connectivity index (χ2n) is 4.21. The van der Waals surface area contributed by atoms with Crippen molar-refractivity contribution in [3.05, 3.63) is 58.7 Å². The Labute approximate surface area is 130 Å². The lowest BCUT2D eigenvalue weighted by Gasteiger charge is -2.09. The Bertz CT molecular complexity index is 790. The van der Waals surface area contributed by atoms with Crippen LogP contribution in [0.2, 0.25) is 10.0 Å². The van der Waals surface area contributed by atoms with Crippen LogP contribution in [0.5, 0.6) is 0 Å². The number of nitrogens with two attached hydrogens (primary N) is 1. The first-order chi connectivity index (χ1) is 9.66. The van der Waals surface area contributed by atoms with Crippen molar-refractivity contribution in [2.75, 3.05) is 5.73 Å². The summed E-state index contributed by atoms with van der Waals surface area (Å²) in [6, 6.07) is 13.2. The van der Waals surface area contributed by atoms with Gasteiger partial charge < -0.3 is 5.73 Å². The van der Waals surface area contributed by atoms with E-state index in [0.717, 1.165) is 26.4 Å². The summed E-state index contributed by atoms with van der Waals surface area (Å²) in [5, 5.41) is 2.04. The van der Waals surface area contributed by atoms with Crippen molar-refractivity contribution < 1.29 is 0 Å². The van der Waals surface area contributed by atoms with Crippen molar-refractivity contribution >= 4 is 51.6 Å². The number of hydrogen-bond acceptors (Lipinski definition) is 3. The lowest BCUT2D eigenvalue weighted by Crippen LogP contribution is -1.90. The van der Waals surface area contributed by atoms with Gasteiger partial charge in [-0.1, -0.05) is 41.0 Å². The molecule has 3 aromatic rings. The number of fused-ring (bicyclic) bond motifs is 1. The molecule has 0 amide bonds. The highest BCUT2D eigenvalue weighted by atomic mass is 35.5. The zero-order valence-corrected chi connectivity index (χ0v) is 12.6. The van der Waals surface area contributed by atoms with Gasteiger partial charge in [0.2, 0.25) is 0 Å². The summed E-state index contributed by atoms with van der Waals surface area (Å²) in [5.41, 5.74) is 7.56. The van der Waals surface area contributed by atoms with E-state index >= 15 is 0 Å². The molecule has 0 aliphatic heterocycles. The predicted molar refractivity (Wildman–Crippen MR) is 86.7 cm³/mol. The van der Waals surface area contributed by atoms with Gasteiger partial charge in [-0.2, -0.15) is 0 Å². The average molecular weight is 321 g/mol. The number of nitrogen functional groups attached to an aromatic ring is 1. The number of pyridine rings is 1. The molecule has 2 N–H and O–H groups in total. The third kappa shape index (κ3) is 2.44. The Morgan fingerprint density at radius 2 is 1.80 bits per heavy atom. The topological polar surface area (TPSA) is 38.9 Å². The van der Waals surface area contributed by atoms with Crippen LogP contribution in [0, 0.1) is 0 Å². The molecule has 1 heterocycles. The summed E-state index contributed by atoms with van der Waals surface area (Å²) < 4.78 is 0. The Kier molecular flexibility index (Phi) is 3.74. The van der Waals surface area contributed by atoms with Gasteiger partial charge in [0.15, 0.2) is 0 Å². The van der Waals surface area contributed by atoms with Gasteiger partial charge in [0, 0.05) is 27.1 Å². The first-order valence-corrected chi connectivity index (χ1v) is 7.49. The lowest BCUT2D eigenvalue weighted by molar-refractivity contribution is 1.34. The molecule has 1 aromatic heterocycles. The van der Waals surface area contributed by atoms with E-state index in [0.29, 0.717) is 10.0 Å². The highest BCUT2D eigenvalue weighted by molar-refractivity contribution is 7.99. The first kappa shape index (κ1) is 13.6. The Hall–Kier alpha value is -1.42. The maximum absolute atomic E-state index is 6.23. The summed E-state index contributed by atoms with van der Waals surface area (Å²) in [6.45, 7) is 0. The fraction of sp³-hybridized carbons (Fsp3) is 0. The largest absolute Gasteiger partial charge is 0.398 e. The predicted octanol–water partition coefficient (Wildman–Crippen LogP) is 5.28. The normalized spacial score (nSPS) is 10.9. The second-order valence-corrected chi connectivity index (χ2v) is 6.08. The van der Waals surface area contributed by atoms with E-state index in [1.165, 1.54) is 11.8 Å². The molecule has 0 radical (unpaired) electrons. The SMILES string of the molecule is Nc1ccc(Sc2cccc(Cl)c2Cl)c2ncccc12. The van der Waals surface area contributed by atoms with Gasteiger partial charge in [-0.25, -0.2) is 0 Å². The molecule has 5 heteroatoms. The van der Waals surface area contributed by atoms with Crippen molar-refractivity contribution in [2.45, 2.75) is 9.79 Å². The van der Waals surface area contributed by atoms with Crippen LogP contribution in [0.1, 0.15) is 0 Å². The van der Waals surface area contributed by atoms with Crippen LogP contribution in [0.15, 0.2) is 58.5 Å². The number of rotatable bonds is 2. The van der Waals surface area contributed by atoms with Gasteiger partial charge in [0.25, 0.3) is 0 Å². The number of aromatic nitrogens is 1. The van der Waals surface area contributed by atoms with Crippen LogP contribution in [-0.2, 0) is 0 Å². The minimum Gasteiger partial charge on any atom is -0.398 e. The molecule has 0 aliphatic carbocycles. The zero-order valence-electron chi connectivity index (χ0n) is 10.3. The minimum atomic E-state index is 0.546. The molecule has 0 saturated carbocycles. The van der Waals surface area contributed by atoms with Gasteiger partial charge >= 0.3 is 0 Å². The Morgan fingerprint density at radius 1 is 0.950 bits per heavy atom. The summed E-state index contributed by atoms with van der Waals surface area (Å²) in [4.78, 5) is 6.31. The molecule has 0 bridgehead atoms. The number of anilines is 1. The highest BCUT2D eigenvalue weighted by Gasteiger charge is 2.10. The van der Waals surface area contributed by atoms with Crippen molar-refractivity contribution in [1.82, 2.24) is 4.98 Å². The third-order valence-electron chi connectivity index (χ3n) is 2.90. The lowest BCUT2D eigenvalue weighted by atomic mass is 10.2. The van der Waals surface area contributed by atoms with Crippen LogP contribution in [-0.4, -0.2) is 4.98 Å². The second kappa shape index (κ2) is 5.52. The van der Waals surface area contributed by atoms with Gasteiger partial charge in [-0.05, 0) is 36.4 Å². The van der Waals surface area contributed by atoms with E-state index in [2.05, 4.69) is 4.98 Å². The monoisotopic (exact) mass is 320 g/mol. The highest BCUT2D eigenvalue weighted by Crippen LogP contribution is 2.40. The summed E-state index contributed by atoms with van der Waals surface area (Å²) in [6.07, 6.45) is 1.76. The summed E-state index contributed by atoms with van der Waals surface area (Å²) in [5.74, 6) is 0. The Morgan fingerprint density at radius 3 is 2.65 bits per heavy atom. The van der Waals surface area contributed by atoms with E-state index < -0.39 is 0 Å². The molecule has 2 nitrogen and oxygen atoms in total. The van der Waals surface area contributed by atoms with Crippen LogP contribution < -0.4 is 5.73 Å². The smallest absolute Gasteiger partial charge is 0.0861 e. The number of benzene rings is 2. The molecule has 0 fully saturated rings. The van der Waals surface area contributed by atoms with Crippen LogP contribution in [0.3, 0.4) is 0 Å². The summed E-state index contributed by atoms with van der Waals surface area (Å²) in [7, 11) is 0. The summed E-state index contributed by atoms with van der Waals surface area (Å²) >= 11 is 13.8. The molecular formula is C15H10Cl2N2S. The van der Waals surface area contributed by atoms with Crippen molar-refractivity contribution in [3.63, 3.8) is 0 Å². The van der Waals surface area contributed by atoms with Crippen LogP contribution in [0.4, 0.5) is 5.69 Å². The van der Waals surface area contributed by atoms with Gasteiger partial charge in [0.05, 0.1) is 15.6 Å². The van der Waals surface area contributed by atoms with Crippen LogP contribution >= 0.6 is 35.0 Å². The number of hydrogen-bond donors (Lipinski definition) is 1. The van der Waals surface area contributed by atoms with E-state index in [1.54, 1.807) is 12.3 Å². The first-order valence-electron chi connectivity index (χ1n) is 5.92. The zero-order chi connectivity index (χ0) is 14.1. The molecule has 0 aliphatic rings. The van der Waals surface area contributed by atoms with E-state index in [9.17, 15) is 0 Å². The molecule has 0 spiro atoms. The molecule has 0 atom stereocenters. The van der Waals surface area contributed by atoms with Gasteiger partial charge in [0.1, 0.15) is 0 Å². The van der Waals surface area contributed by atoms with E-state index in [1.807, 2.05) is 36.4 Å². The fourth-order valence-electron chi connectivity index (χ4n) is 1.93. The molecule has 100 valence electrons. The van der Waals surface area contributed by atoms with Crippen molar-refractivity contribution in [2.24, 2.45) is 0 Å². The standard InChI is InChI=1S/C15H10Cl2N2S/c16-10-4-1-5-12(14(10)17)20-13-7-6-11(18)9-3-2-8-19-15(9)13/h1-8H,18H2. The number of halogens is 2. The molecule has 3 rings (SSSR count). The van der Waals surface area contributed by atoms with Crippen LogP contribution in [0.25, 0.3) is 10.9 Å². The molecule has 0 saturated heterocycles. The quantitative estimate of drug-likeness (QED) is 0.653. The minimum absolute atomic E-state index is 0.546. The van der Waals surface area contributed by atoms with Gasteiger partial charge in [-0.3, -0.25) is 4.98 Å². The third-order valence-corrected chi connectivity index (χ3v) is 4.94.